The molecule has 0 aliphatic carbocycles. The van der Waals surface area contributed by atoms with Crippen LogP contribution in [0.5, 0.6) is 11.5 Å². The predicted octanol–water partition coefficient (Wildman–Crippen LogP) is 5.74. The van der Waals surface area contributed by atoms with Crippen LogP contribution in [-0.2, 0) is 69.1 Å². The number of sulfone groups is 2. The lowest BCUT2D eigenvalue weighted by Gasteiger charge is -2.15. The first-order valence-electron chi connectivity index (χ1n) is 20.1. The minimum Gasteiger partial charge on any atom is -0.506 e. The van der Waals surface area contributed by atoms with E-state index in [4.69, 9.17) is 25.4 Å². The number of aromatic nitrogens is 3. The molecule has 0 unspecified atom stereocenters. The van der Waals surface area contributed by atoms with Crippen molar-refractivity contribution in [1.82, 2.24) is 15.0 Å². The number of aryl methyl sites for hydroxylation is 1. The lowest BCUT2D eigenvalue weighted by Crippen LogP contribution is -2.16. The van der Waals surface area contributed by atoms with Crippen molar-refractivity contribution >= 4 is 135 Å². The van der Waals surface area contributed by atoms with Crippen molar-refractivity contribution in [2.75, 3.05) is 54.8 Å². The number of anilines is 5. The zero-order chi connectivity index (χ0) is 55.5. The molecule has 6 aromatic rings. The van der Waals surface area contributed by atoms with Gasteiger partial charge in [0.05, 0.1) is 47.3 Å². The van der Waals surface area contributed by atoms with Gasteiger partial charge in [-0.2, -0.15) is 48.6 Å². The Morgan fingerprint density at radius 1 is 0.587 bits per heavy atom. The van der Waals surface area contributed by atoms with Gasteiger partial charge in [0.15, 0.2) is 25.4 Å². The molecule has 0 saturated heterocycles. The molecule has 0 saturated carbocycles. The summed E-state index contributed by atoms with van der Waals surface area (Å²) in [6.45, 7) is -0.527. The summed E-state index contributed by atoms with van der Waals surface area (Å²) in [6.07, 6.45) is 0. The molecule has 1 heterocycles. The molecule has 0 aliphatic heterocycles. The van der Waals surface area contributed by atoms with E-state index in [9.17, 15) is 64.7 Å². The van der Waals surface area contributed by atoms with Crippen molar-refractivity contribution in [2.24, 2.45) is 20.5 Å². The smallest absolute Gasteiger partial charge is 0.397 e. The van der Waals surface area contributed by atoms with E-state index in [1.54, 1.807) is 0 Å². The van der Waals surface area contributed by atoms with Gasteiger partial charge >= 0.3 is 20.8 Å². The van der Waals surface area contributed by atoms with Crippen LogP contribution in [0.4, 0.5) is 51.7 Å². The number of rotatable bonds is 22. The van der Waals surface area contributed by atoms with Crippen molar-refractivity contribution in [1.29, 1.82) is 0 Å². The molecule has 5 aromatic carbocycles. The van der Waals surface area contributed by atoms with E-state index in [0.717, 1.165) is 37.4 Å². The van der Waals surface area contributed by atoms with Crippen LogP contribution in [0.15, 0.2) is 113 Å². The fourth-order valence-corrected chi connectivity index (χ4v) is 11.2. The number of nitrogens with zero attached hydrogens (tertiary/aromatic N) is 7. The Balaban J connectivity index is 1.34. The normalized spacial score (nSPS) is 12.9. The van der Waals surface area contributed by atoms with Gasteiger partial charge in [0.25, 0.3) is 20.2 Å². The van der Waals surface area contributed by atoms with Crippen LogP contribution in [-0.4, -0.2) is 128 Å². The van der Waals surface area contributed by atoms with Crippen molar-refractivity contribution in [3.05, 3.63) is 83.6 Å². The number of methoxy groups -OCH3 is 1. The molecule has 0 spiro atoms. The molecule has 8 N–H and O–H groups in total. The number of hydrogen-bond acceptors (Lipinski definition) is 26. The van der Waals surface area contributed by atoms with E-state index in [0.29, 0.717) is 0 Å². The number of aromatic hydroxyl groups is 1. The topological polar surface area (TPSA) is 458 Å². The van der Waals surface area contributed by atoms with Crippen LogP contribution in [0.25, 0.3) is 10.8 Å². The number of hydrogen-bond donors (Lipinski definition) is 8. The SMILES string of the molecule is CNc1ccc2c(OC)c(/N=N/c3cc(C)c(S(=O)(=O)CCOS(=O)(=O)O)cc3O)c(S(=O)(=O)O)cc2c1/N=N/c1cc(Nc2nc(Cl)nc(Nc3ccc(S(=O)(=O)CCOS(=O)(=O)O)cc3)n2)ccc1S(=O)(=O)O. The molecule has 6 rings (SSSR count). The Morgan fingerprint density at radius 2 is 1.13 bits per heavy atom. The first-order valence-corrected chi connectivity index (χ1v) is 29.4. The van der Waals surface area contributed by atoms with Gasteiger partial charge in [-0.3, -0.25) is 18.2 Å². The molecule has 30 nitrogen and oxygen atoms in total. The number of halogens is 1. The highest BCUT2D eigenvalue weighted by molar-refractivity contribution is 7.92. The quantitative estimate of drug-likeness (QED) is 0.0297. The Bertz CT molecular complexity index is 4000. The third kappa shape index (κ3) is 14.8. The number of azo groups is 2. The molecule has 1 aromatic heterocycles. The second-order valence-electron chi connectivity index (χ2n) is 14.9. The van der Waals surface area contributed by atoms with Gasteiger partial charge in [-0.25, -0.2) is 25.2 Å². The first-order chi connectivity index (χ1) is 34.8. The minimum absolute atomic E-state index is 0.0111. The summed E-state index contributed by atoms with van der Waals surface area (Å²) in [7, 11) is -26.0. The number of fused-ring (bicyclic) bond motifs is 1. The third-order valence-electron chi connectivity index (χ3n) is 9.80. The van der Waals surface area contributed by atoms with E-state index in [1.165, 1.54) is 56.4 Å². The maximum Gasteiger partial charge on any atom is 0.397 e. The summed E-state index contributed by atoms with van der Waals surface area (Å²) < 4.78 is 197. The van der Waals surface area contributed by atoms with Gasteiger partial charge < -0.3 is 25.8 Å². The van der Waals surface area contributed by atoms with Crippen molar-refractivity contribution in [3.8, 4) is 11.5 Å². The number of phenols is 1. The number of ether oxygens (including phenoxy) is 1. The molecule has 0 bridgehead atoms. The van der Waals surface area contributed by atoms with Gasteiger partial charge in [-0.15, -0.1) is 20.5 Å². The van der Waals surface area contributed by atoms with Crippen LogP contribution >= 0.6 is 11.6 Å². The number of nitrogens with one attached hydrogen (secondary N) is 3. The fraction of sp³-hybridized carbons (Fsp3) is 0.184. The standard InChI is InChI=1S/C38H37ClN10O20S6/c1-20-16-27(29(50)19-31(20)71(53,54)15-13-69-75(64,65)66)46-49-34-32(73(58,59)60)18-25-24(35(34)67-3)9-10-26(40-2)33(25)48-47-28-17-22(6-11-30(28)72(55,56)57)42-38-44-36(39)43-37(45-38)41-21-4-7-23(8-5-21)70(51,52)14-12-68-74(61,62)63/h4-11,16-19,40,50H,12-15H2,1-3H3,(H,55,56,57)(H,58,59,60)(H,61,62,63)(H,64,65,66)(H2,41,42,43,44,45)/b48-47+,49-46+. The van der Waals surface area contributed by atoms with Crippen molar-refractivity contribution in [3.63, 3.8) is 0 Å². The Morgan fingerprint density at radius 3 is 1.69 bits per heavy atom. The van der Waals surface area contributed by atoms with Crippen molar-refractivity contribution in [2.45, 2.75) is 26.5 Å². The molecule has 37 heteroatoms. The third-order valence-corrected chi connectivity index (χ3v) is 16.2. The summed E-state index contributed by atoms with van der Waals surface area (Å²) in [6, 6.07) is 13.7. The van der Waals surface area contributed by atoms with Gasteiger partial charge in [0, 0.05) is 35.3 Å². The highest BCUT2D eigenvalue weighted by Crippen LogP contribution is 2.48. The average Bonchev–Trinajstić information content (AvgIpc) is 3.28. The average molecular weight is 1180 g/mol. The van der Waals surface area contributed by atoms with E-state index in [1.807, 2.05) is 0 Å². The zero-order valence-electron chi connectivity index (χ0n) is 38.1. The Kier molecular flexibility index (Phi) is 17.1. The van der Waals surface area contributed by atoms with Crippen LogP contribution in [0.3, 0.4) is 0 Å². The minimum atomic E-state index is -5.27. The van der Waals surface area contributed by atoms with Crippen molar-refractivity contribution < 1.29 is 86.9 Å². The largest absolute Gasteiger partial charge is 0.506 e. The highest BCUT2D eigenvalue weighted by atomic mass is 35.5. The van der Waals surface area contributed by atoms with Crippen LogP contribution in [0.1, 0.15) is 5.56 Å². The van der Waals surface area contributed by atoms with Crippen LogP contribution in [0.2, 0.25) is 5.28 Å². The predicted molar refractivity (Wildman–Crippen MR) is 264 cm³/mol. The van der Waals surface area contributed by atoms with Gasteiger partial charge in [0.1, 0.15) is 38.3 Å². The molecule has 0 atom stereocenters. The van der Waals surface area contributed by atoms with Gasteiger partial charge in [0.2, 0.25) is 17.2 Å². The number of benzene rings is 5. The molecule has 0 fully saturated rings. The lowest BCUT2D eigenvalue weighted by molar-refractivity contribution is 0.282. The molecule has 0 radical (unpaired) electrons. The second kappa shape index (κ2) is 22.3. The number of phenolic OH excluding ortho intramolecular Hbond substituents is 1. The molecule has 0 amide bonds. The van der Waals surface area contributed by atoms with Gasteiger partial charge in [-0.1, -0.05) is 0 Å². The van der Waals surface area contributed by atoms with Gasteiger partial charge in [-0.05, 0) is 90.8 Å². The highest BCUT2D eigenvalue weighted by Gasteiger charge is 2.27. The first kappa shape index (κ1) is 57.6. The summed E-state index contributed by atoms with van der Waals surface area (Å²) in [4.78, 5) is 9.72. The fourth-order valence-electron chi connectivity index (χ4n) is 6.57. The lowest BCUT2D eigenvalue weighted by atomic mass is 10.0. The molecule has 0 aliphatic rings. The van der Waals surface area contributed by atoms with E-state index in [2.05, 4.69) is 59.7 Å². The maximum atomic E-state index is 13.0. The summed E-state index contributed by atoms with van der Waals surface area (Å²) in [5.41, 5.74) is -1.45. The zero-order valence-corrected chi connectivity index (χ0v) is 43.7. The Hall–Kier alpha value is -6.68. The summed E-state index contributed by atoms with van der Waals surface area (Å²) in [5, 5.41) is 34.8. The second-order valence-corrected chi connectivity index (χ2v) is 24.4. The maximum absolute atomic E-state index is 13.0. The Labute approximate surface area is 431 Å². The molecule has 75 heavy (non-hydrogen) atoms. The molecule has 402 valence electrons. The molecular formula is C38H37ClN10O20S6. The monoisotopic (exact) mass is 1180 g/mol. The summed E-state index contributed by atoms with van der Waals surface area (Å²) in [5.74, 6) is -3.32. The summed E-state index contributed by atoms with van der Waals surface area (Å²) >= 11 is 6.16. The van der Waals surface area contributed by atoms with Crippen LogP contribution < -0.4 is 20.7 Å². The van der Waals surface area contributed by atoms with E-state index >= 15 is 0 Å². The van der Waals surface area contributed by atoms with E-state index < -0.39 is 123 Å². The molecular weight excluding hydrogens is 1140 g/mol. The van der Waals surface area contributed by atoms with Crippen LogP contribution in [0, 0.1) is 6.92 Å². The van der Waals surface area contributed by atoms with E-state index in [-0.39, 0.29) is 66.9 Å².